The maximum Gasteiger partial charge on any atom is 0.180 e. The molecule has 2 heterocycles. The van der Waals surface area contributed by atoms with E-state index in [0.717, 1.165) is 37.3 Å². The highest BCUT2D eigenvalue weighted by Gasteiger charge is 2.39. The summed E-state index contributed by atoms with van der Waals surface area (Å²) in [4.78, 5) is 13.0. The number of hydrogen-bond acceptors (Lipinski definition) is 4. The van der Waals surface area contributed by atoms with Gasteiger partial charge in [-0.05, 0) is 29.5 Å². The molecular weight excluding hydrogens is 262 g/mol. The molecule has 1 atom stereocenters. The number of nitrogens with zero attached hydrogens (tertiary/aromatic N) is 3. The van der Waals surface area contributed by atoms with E-state index in [2.05, 4.69) is 28.2 Å². The Balaban J connectivity index is 1.75. The molecule has 0 fully saturated rings. The van der Waals surface area contributed by atoms with Gasteiger partial charge in [0, 0.05) is 31.3 Å². The van der Waals surface area contributed by atoms with Crippen molar-refractivity contribution >= 4 is 5.90 Å². The largest absolute Gasteiger partial charge is 0.479 e. The molecule has 2 aliphatic rings. The molecular formula is C17H17N3O. The minimum absolute atomic E-state index is 0.0388. The van der Waals surface area contributed by atoms with Crippen LogP contribution in [0.1, 0.15) is 24.5 Å². The highest BCUT2D eigenvalue weighted by molar-refractivity contribution is 5.76. The van der Waals surface area contributed by atoms with Crippen LogP contribution >= 0.6 is 0 Å². The molecule has 0 bridgehead atoms. The van der Waals surface area contributed by atoms with Crippen molar-refractivity contribution in [2.75, 3.05) is 6.61 Å². The van der Waals surface area contributed by atoms with Crippen molar-refractivity contribution in [1.82, 2.24) is 9.97 Å². The highest BCUT2D eigenvalue weighted by Crippen LogP contribution is 2.38. The first-order valence-corrected chi connectivity index (χ1v) is 7.31. The van der Waals surface area contributed by atoms with E-state index in [-0.39, 0.29) is 5.54 Å². The quantitative estimate of drug-likeness (QED) is 0.806. The smallest absolute Gasteiger partial charge is 0.180 e. The van der Waals surface area contributed by atoms with E-state index in [1.807, 2.05) is 19.3 Å². The molecule has 1 aromatic carbocycles. The molecule has 4 heteroatoms. The van der Waals surface area contributed by atoms with Crippen molar-refractivity contribution in [2.45, 2.75) is 31.7 Å². The molecule has 0 amide bonds. The highest BCUT2D eigenvalue weighted by atomic mass is 16.5. The zero-order chi connectivity index (χ0) is 14.3. The molecule has 0 N–H and O–H groups in total. The maximum absolute atomic E-state index is 5.61. The molecule has 1 aliphatic heterocycles. The van der Waals surface area contributed by atoms with Gasteiger partial charge < -0.3 is 4.74 Å². The Morgan fingerprint density at radius 3 is 2.81 bits per heavy atom. The van der Waals surface area contributed by atoms with Crippen LogP contribution in [0.3, 0.4) is 0 Å². The Morgan fingerprint density at radius 1 is 1.19 bits per heavy atom. The molecule has 2 aromatic rings. The molecule has 1 unspecified atom stereocenters. The monoisotopic (exact) mass is 279 g/mol. The molecule has 106 valence electrons. The average molecular weight is 279 g/mol. The number of hydrogen-bond donors (Lipinski definition) is 0. The van der Waals surface area contributed by atoms with Gasteiger partial charge in [0.2, 0.25) is 0 Å². The predicted octanol–water partition coefficient (Wildman–Crippen LogP) is 2.82. The van der Waals surface area contributed by atoms with E-state index >= 15 is 0 Å². The Hall–Kier alpha value is -2.23. The Kier molecular flexibility index (Phi) is 2.77. The summed E-state index contributed by atoms with van der Waals surface area (Å²) in [6, 6.07) is 6.49. The summed E-state index contributed by atoms with van der Waals surface area (Å²) in [7, 11) is 0. The number of fused-ring (bicyclic) bond motifs is 1. The third-order valence-corrected chi connectivity index (χ3v) is 4.45. The summed E-state index contributed by atoms with van der Waals surface area (Å²) in [5, 5.41) is 0. The first kappa shape index (κ1) is 12.5. The second-order valence-electron chi connectivity index (χ2n) is 5.89. The Labute approximate surface area is 123 Å². The predicted molar refractivity (Wildman–Crippen MR) is 81.3 cm³/mol. The van der Waals surface area contributed by atoms with Gasteiger partial charge in [-0.25, -0.2) is 15.0 Å². The molecule has 0 saturated carbocycles. The number of benzene rings is 1. The van der Waals surface area contributed by atoms with Gasteiger partial charge in [0.05, 0.1) is 0 Å². The van der Waals surface area contributed by atoms with E-state index in [4.69, 9.17) is 9.73 Å². The van der Waals surface area contributed by atoms with Crippen LogP contribution < -0.4 is 0 Å². The summed E-state index contributed by atoms with van der Waals surface area (Å²) in [6.45, 7) is 2.67. The number of aromatic nitrogens is 2. The fourth-order valence-corrected chi connectivity index (χ4v) is 3.46. The van der Waals surface area contributed by atoms with Gasteiger partial charge in [-0.2, -0.15) is 0 Å². The van der Waals surface area contributed by atoms with E-state index in [1.165, 1.54) is 16.7 Å². The maximum atomic E-state index is 5.61. The van der Waals surface area contributed by atoms with Crippen molar-refractivity contribution < 1.29 is 4.74 Å². The van der Waals surface area contributed by atoms with Crippen LogP contribution in [0.25, 0.3) is 11.1 Å². The van der Waals surface area contributed by atoms with Crippen LogP contribution in [0.4, 0.5) is 0 Å². The van der Waals surface area contributed by atoms with Crippen molar-refractivity contribution in [3.8, 4) is 11.1 Å². The first-order chi connectivity index (χ1) is 10.3. The third kappa shape index (κ3) is 2.11. The summed E-state index contributed by atoms with van der Waals surface area (Å²) >= 11 is 0. The molecule has 1 spiro atoms. The van der Waals surface area contributed by atoms with Gasteiger partial charge in [0.1, 0.15) is 18.5 Å². The average Bonchev–Trinajstić information content (AvgIpc) is 2.88. The van der Waals surface area contributed by atoms with Crippen LogP contribution in [-0.4, -0.2) is 28.0 Å². The van der Waals surface area contributed by atoms with Crippen LogP contribution in [0.15, 0.2) is 41.9 Å². The molecule has 0 saturated heterocycles. The molecule has 4 nitrogen and oxygen atoms in total. The lowest BCUT2D eigenvalue weighted by Gasteiger charge is -2.31. The van der Waals surface area contributed by atoms with Crippen molar-refractivity contribution in [2.24, 2.45) is 4.99 Å². The number of aliphatic imine (C=N–C) groups is 1. The van der Waals surface area contributed by atoms with Crippen LogP contribution in [0.5, 0.6) is 0 Å². The minimum atomic E-state index is -0.0388. The first-order valence-electron chi connectivity index (χ1n) is 7.31. The fourth-order valence-electron chi connectivity index (χ4n) is 3.46. The van der Waals surface area contributed by atoms with E-state index in [9.17, 15) is 0 Å². The lowest BCUT2D eigenvalue weighted by Crippen LogP contribution is -2.35. The van der Waals surface area contributed by atoms with Crippen molar-refractivity contribution in [1.29, 1.82) is 0 Å². The van der Waals surface area contributed by atoms with Gasteiger partial charge in [-0.1, -0.05) is 18.2 Å². The standard InChI is InChI=1S/C17H17N3O/c1-12-20-17(10-21-12)6-5-16-13(7-17)3-2-4-15(16)14-8-18-11-19-9-14/h2-4,8-9,11H,5-7,10H2,1H3. The second-order valence-corrected chi connectivity index (χ2v) is 5.89. The summed E-state index contributed by atoms with van der Waals surface area (Å²) in [5.41, 5.74) is 5.10. The van der Waals surface area contributed by atoms with E-state index in [1.54, 1.807) is 6.33 Å². The van der Waals surface area contributed by atoms with Crippen molar-refractivity contribution in [3.63, 3.8) is 0 Å². The molecule has 1 aliphatic carbocycles. The van der Waals surface area contributed by atoms with E-state index in [0.29, 0.717) is 0 Å². The lowest BCUT2D eigenvalue weighted by molar-refractivity contribution is 0.236. The van der Waals surface area contributed by atoms with Gasteiger partial charge in [-0.15, -0.1) is 0 Å². The summed E-state index contributed by atoms with van der Waals surface area (Å²) in [6.07, 6.45) is 8.37. The normalized spacial score (nSPS) is 23.6. The SMILES string of the molecule is CC1=NC2(CCc3c(cccc3-c3cncnc3)C2)CO1. The van der Waals surface area contributed by atoms with Gasteiger partial charge in [0.15, 0.2) is 5.90 Å². The van der Waals surface area contributed by atoms with Crippen LogP contribution in [-0.2, 0) is 17.6 Å². The summed E-state index contributed by atoms with van der Waals surface area (Å²) in [5.74, 6) is 0.825. The Morgan fingerprint density at radius 2 is 2.05 bits per heavy atom. The topological polar surface area (TPSA) is 47.4 Å². The number of ether oxygens (including phenoxy) is 1. The second kappa shape index (κ2) is 4.65. The molecule has 4 rings (SSSR count). The molecule has 0 radical (unpaired) electrons. The third-order valence-electron chi connectivity index (χ3n) is 4.45. The van der Waals surface area contributed by atoms with Crippen molar-refractivity contribution in [3.05, 3.63) is 48.0 Å². The lowest BCUT2D eigenvalue weighted by atomic mass is 9.77. The van der Waals surface area contributed by atoms with Crippen LogP contribution in [0.2, 0.25) is 0 Å². The van der Waals surface area contributed by atoms with Gasteiger partial charge >= 0.3 is 0 Å². The van der Waals surface area contributed by atoms with Gasteiger partial charge in [0.25, 0.3) is 0 Å². The zero-order valence-corrected chi connectivity index (χ0v) is 12.0. The van der Waals surface area contributed by atoms with Gasteiger partial charge in [-0.3, -0.25) is 0 Å². The molecule has 1 aromatic heterocycles. The Bertz CT molecular complexity index is 711. The summed E-state index contributed by atoms with van der Waals surface area (Å²) < 4.78 is 5.61. The minimum Gasteiger partial charge on any atom is -0.479 e. The zero-order valence-electron chi connectivity index (χ0n) is 12.0. The molecule has 21 heavy (non-hydrogen) atoms. The fraction of sp³-hybridized carbons (Fsp3) is 0.353. The van der Waals surface area contributed by atoms with E-state index < -0.39 is 0 Å². The van der Waals surface area contributed by atoms with Crippen LogP contribution in [0, 0.1) is 0 Å². The number of rotatable bonds is 1.